The summed E-state index contributed by atoms with van der Waals surface area (Å²) in [5.74, 6) is -5.51. The van der Waals surface area contributed by atoms with Crippen LogP contribution in [0, 0.1) is 0 Å². The molecule has 0 spiro atoms. The van der Waals surface area contributed by atoms with E-state index in [0.29, 0.717) is 12.6 Å². The van der Waals surface area contributed by atoms with Crippen molar-refractivity contribution in [2.75, 3.05) is 26.0 Å². The summed E-state index contributed by atoms with van der Waals surface area (Å²) in [5.41, 5.74) is 3.44. The Morgan fingerprint density at radius 2 is 1.69 bits per heavy atom. The third-order valence-corrected chi connectivity index (χ3v) is 5.36. The fourth-order valence-electron chi connectivity index (χ4n) is 3.07. The predicted octanol–water partition coefficient (Wildman–Crippen LogP) is 1.54. The monoisotopic (exact) mass is 539 g/mol. The van der Waals surface area contributed by atoms with Gasteiger partial charge in [-0.1, -0.05) is 0 Å². The lowest BCUT2D eigenvalue weighted by Crippen LogP contribution is -2.40. The normalized spacial score (nSPS) is 18.4. The molecule has 3 heterocycles. The number of hydrogen-bond donors (Lipinski definition) is 3. The van der Waals surface area contributed by atoms with E-state index in [1.165, 1.54) is 17.4 Å². The zero-order chi connectivity index (χ0) is 27.0. The third-order valence-electron chi connectivity index (χ3n) is 4.69. The molecule has 0 aliphatic carbocycles. The van der Waals surface area contributed by atoms with Crippen molar-refractivity contribution in [1.29, 1.82) is 0 Å². The first-order chi connectivity index (χ1) is 15.9. The highest BCUT2D eigenvalue weighted by molar-refractivity contribution is 7.88. The molecule has 0 amide bonds. The number of halogens is 6. The topological polar surface area (TPSA) is 146 Å². The Morgan fingerprint density at radius 3 is 2.11 bits per heavy atom. The van der Waals surface area contributed by atoms with E-state index >= 15 is 0 Å². The molecular weight excluding hydrogens is 516 g/mol. The summed E-state index contributed by atoms with van der Waals surface area (Å²) in [6, 6.07) is 0.510. The quantitative estimate of drug-likeness (QED) is 0.485. The highest BCUT2D eigenvalue weighted by Gasteiger charge is 2.38. The molecular formula is C18H23F6N3O7S. The lowest BCUT2D eigenvalue weighted by Gasteiger charge is -2.33. The van der Waals surface area contributed by atoms with Crippen LogP contribution in [0.15, 0.2) is 12.4 Å². The molecule has 1 aromatic heterocycles. The van der Waals surface area contributed by atoms with Gasteiger partial charge in [-0.2, -0.15) is 26.3 Å². The number of fused-ring (bicyclic) bond motifs is 1. The van der Waals surface area contributed by atoms with E-state index in [9.17, 15) is 34.8 Å². The SMILES string of the molecule is CS(=O)(=O)NCc1cncc2c1CCN(C1CCOC1)C2.O=C(O)C(F)(F)F.O=C(O)C(F)(F)F. The molecule has 0 aromatic carbocycles. The minimum atomic E-state index is -5.08. The van der Waals surface area contributed by atoms with Crippen LogP contribution in [-0.2, 0) is 43.9 Å². The Balaban J connectivity index is 0.000000362. The van der Waals surface area contributed by atoms with E-state index < -0.39 is 34.3 Å². The molecule has 3 N–H and O–H groups in total. The number of rotatable bonds is 4. The van der Waals surface area contributed by atoms with Crippen molar-refractivity contribution in [1.82, 2.24) is 14.6 Å². The average molecular weight is 539 g/mol. The van der Waals surface area contributed by atoms with Crippen LogP contribution in [-0.4, -0.2) is 84.9 Å². The van der Waals surface area contributed by atoms with Gasteiger partial charge in [0.1, 0.15) is 0 Å². The van der Waals surface area contributed by atoms with Crippen LogP contribution in [0.1, 0.15) is 23.1 Å². The molecule has 1 fully saturated rings. The van der Waals surface area contributed by atoms with Crippen LogP contribution >= 0.6 is 0 Å². The molecule has 35 heavy (non-hydrogen) atoms. The molecule has 0 bridgehead atoms. The number of aliphatic carboxylic acids is 2. The average Bonchev–Trinajstić information content (AvgIpc) is 3.25. The zero-order valence-electron chi connectivity index (χ0n) is 18.2. The van der Waals surface area contributed by atoms with Crippen molar-refractivity contribution in [3.8, 4) is 0 Å². The van der Waals surface area contributed by atoms with Crippen LogP contribution in [0.25, 0.3) is 0 Å². The van der Waals surface area contributed by atoms with Gasteiger partial charge in [-0.25, -0.2) is 22.7 Å². The molecule has 10 nitrogen and oxygen atoms in total. The minimum absolute atomic E-state index is 0.321. The van der Waals surface area contributed by atoms with Gasteiger partial charge in [-0.05, 0) is 29.5 Å². The number of carboxylic acids is 2. The fraction of sp³-hybridized carbons (Fsp3) is 0.611. The van der Waals surface area contributed by atoms with Gasteiger partial charge in [0.15, 0.2) is 0 Å². The van der Waals surface area contributed by atoms with E-state index in [-0.39, 0.29) is 0 Å². The van der Waals surface area contributed by atoms with Gasteiger partial charge in [0.2, 0.25) is 10.0 Å². The molecule has 3 rings (SSSR count). The summed E-state index contributed by atoms with van der Waals surface area (Å²) in [4.78, 5) is 24.5. The Morgan fingerprint density at radius 1 is 1.14 bits per heavy atom. The Kier molecular flexibility index (Phi) is 10.9. The Bertz CT molecular complexity index is 956. The number of carboxylic acid groups (broad SMARTS) is 2. The summed E-state index contributed by atoms with van der Waals surface area (Å²) in [5, 5.41) is 14.2. The maximum atomic E-state index is 11.2. The molecule has 1 saturated heterocycles. The second-order valence-electron chi connectivity index (χ2n) is 7.37. The van der Waals surface area contributed by atoms with Crippen LogP contribution < -0.4 is 4.72 Å². The van der Waals surface area contributed by atoms with Gasteiger partial charge in [-0.15, -0.1) is 0 Å². The number of aromatic nitrogens is 1. The number of alkyl halides is 6. The summed E-state index contributed by atoms with van der Waals surface area (Å²) in [6.45, 7) is 3.87. The van der Waals surface area contributed by atoms with Crippen molar-refractivity contribution in [3.63, 3.8) is 0 Å². The van der Waals surface area contributed by atoms with Gasteiger partial charge in [0.25, 0.3) is 0 Å². The number of carbonyl (C=O) groups is 2. The number of ether oxygens (including phenoxy) is 1. The van der Waals surface area contributed by atoms with E-state index in [2.05, 4.69) is 14.6 Å². The van der Waals surface area contributed by atoms with E-state index in [1.807, 2.05) is 6.20 Å². The molecule has 17 heteroatoms. The smallest absolute Gasteiger partial charge is 0.475 e. The molecule has 0 saturated carbocycles. The highest BCUT2D eigenvalue weighted by atomic mass is 32.2. The van der Waals surface area contributed by atoms with Crippen LogP contribution in [0.3, 0.4) is 0 Å². The first-order valence-corrected chi connectivity index (χ1v) is 11.6. The highest BCUT2D eigenvalue weighted by Crippen LogP contribution is 2.25. The standard InChI is InChI=1S/C14H21N3O3S.2C2HF3O2/c1-21(18,19)16-8-11-6-15-7-12-9-17(4-2-14(11)12)13-3-5-20-10-13;2*3-2(4,5)1(6)7/h6-7,13,16H,2-5,8-10H2,1H3;2*(H,6,7). The Labute approximate surface area is 195 Å². The number of nitrogens with zero attached hydrogens (tertiary/aromatic N) is 2. The van der Waals surface area contributed by atoms with Crippen molar-refractivity contribution in [2.24, 2.45) is 0 Å². The predicted molar refractivity (Wildman–Crippen MR) is 107 cm³/mol. The summed E-state index contributed by atoms with van der Waals surface area (Å²) < 4.78 is 94.0. The maximum Gasteiger partial charge on any atom is 0.490 e. The molecule has 0 radical (unpaired) electrons. The van der Waals surface area contributed by atoms with Gasteiger partial charge < -0.3 is 14.9 Å². The lowest BCUT2D eigenvalue weighted by molar-refractivity contribution is -0.193. The van der Waals surface area contributed by atoms with Crippen molar-refractivity contribution < 1.29 is 59.3 Å². The number of pyridine rings is 1. The number of hydrogen-bond acceptors (Lipinski definition) is 7. The first kappa shape index (κ1) is 30.5. The molecule has 1 unspecified atom stereocenters. The van der Waals surface area contributed by atoms with E-state index in [1.54, 1.807) is 6.20 Å². The van der Waals surface area contributed by atoms with Crippen molar-refractivity contribution >= 4 is 22.0 Å². The van der Waals surface area contributed by atoms with Crippen LogP contribution in [0.2, 0.25) is 0 Å². The third kappa shape index (κ3) is 11.2. The van der Waals surface area contributed by atoms with E-state index in [0.717, 1.165) is 44.7 Å². The second-order valence-corrected chi connectivity index (χ2v) is 9.21. The largest absolute Gasteiger partial charge is 0.490 e. The van der Waals surface area contributed by atoms with Gasteiger partial charge in [0, 0.05) is 44.7 Å². The molecule has 1 aromatic rings. The van der Waals surface area contributed by atoms with Crippen molar-refractivity contribution in [2.45, 2.75) is 44.3 Å². The fourth-order valence-corrected chi connectivity index (χ4v) is 3.49. The second kappa shape index (κ2) is 12.5. The van der Waals surface area contributed by atoms with Gasteiger partial charge >= 0.3 is 24.3 Å². The van der Waals surface area contributed by atoms with Crippen molar-refractivity contribution in [3.05, 3.63) is 29.1 Å². The Hall–Kier alpha value is -2.50. The zero-order valence-corrected chi connectivity index (χ0v) is 19.0. The summed E-state index contributed by atoms with van der Waals surface area (Å²) in [7, 11) is -3.18. The molecule has 200 valence electrons. The summed E-state index contributed by atoms with van der Waals surface area (Å²) in [6.07, 6.45) is -3.28. The minimum Gasteiger partial charge on any atom is -0.475 e. The molecule has 2 aliphatic rings. The number of sulfonamides is 1. The lowest BCUT2D eigenvalue weighted by atomic mass is 9.96. The molecule has 2 aliphatic heterocycles. The van der Waals surface area contributed by atoms with Gasteiger partial charge in [0.05, 0.1) is 12.9 Å². The number of nitrogens with one attached hydrogen (secondary N) is 1. The molecule has 1 atom stereocenters. The van der Waals surface area contributed by atoms with E-state index in [4.69, 9.17) is 24.5 Å². The maximum absolute atomic E-state index is 11.2. The van der Waals surface area contributed by atoms with Crippen LogP contribution in [0.5, 0.6) is 0 Å². The van der Waals surface area contributed by atoms with Crippen LogP contribution in [0.4, 0.5) is 26.3 Å². The first-order valence-electron chi connectivity index (χ1n) is 9.73. The summed E-state index contributed by atoms with van der Waals surface area (Å²) >= 11 is 0. The van der Waals surface area contributed by atoms with Gasteiger partial charge in [-0.3, -0.25) is 9.88 Å².